The first-order chi connectivity index (χ1) is 12.0. The van der Waals surface area contributed by atoms with Gasteiger partial charge in [0.25, 0.3) is 0 Å². The minimum atomic E-state index is -0.583. The molecule has 0 radical (unpaired) electrons. The molecule has 1 saturated carbocycles. The van der Waals surface area contributed by atoms with E-state index in [1.165, 1.54) is 12.8 Å². The highest BCUT2D eigenvalue weighted by atomic mass is 16.5. The van der Waals surface area contributed by atoms with Crippen LogP contribution in [0.2, 0.25) is 0 Å². The number of ether oxygens (including phenoxy) is 1. The normalized spacial score (nSPS) is 25.1. The molecule has 2 aliphatic heterocycles. The molecule has 1 aromatic heterocycles. The molecule has 0 bridgehead atoms. The lowest BCUT2D eigenvalue weighted by Gasteiger charge is -2.44. The number of nitrogens with zero attached hydrogens (tertiary/aromatic N) is 3. The van der Waals surface area contributed by atoms with Gasteiger partial charge in [-0.05, 0) is 26.2 Å². The molecule has 1 amide bonds. The van der Waals surface area contributed by atoms with Crippen LogP contribution in [0.25, 0.3) is 0 Å². The minimum absolute atomic E-state index is 0.239. The molecule has 2 fully saturated rings. The van der Waals surface area contributed by atoms with Gasteiger partial charge >= 0.3 is 0 Å². The standard InChI is InChI=1S/C19H29N3O3/c1-13(2)22-12-16-18(20-22)15(23)11-19(25-16)7-9-21(10-8-19)17(24)6-5-14-3-4-14/h12-15,23H,3-11H2,1-2H3. The zero-order valence-corrected chi connectivity index (χ0v) is 15.3. The van der Waals surface area contributed by atoms with Crippen LogP contribution >= 0.6 is 0 Å². The smallest absolute Gasteiger partial charge is 0.222 e. The SMILES string of the molecule is CC(C)n1cc2c(n1)C(O)CC1(CCN(C(=O)CCC3CC3)CC1)O2. The summed E-state index contributed by atoms with van der Waals surface area (Å²) in [6.45, 7) is 5.58. The van der Waals surface area contributed by atoms with Crippen LogP contribution in [0.3, 0.4) is 0 Å². The molecular weight excluding hydrogens is 318 g/mol. The molecule has 1 N–H and O–H groups in total. The summed E-state index contributed by atoms with van der Waals surface area (Å²) in [6, 6.07) is 0.239. The van der Waals surface area contributed by atoms with Crippen molar-refractivity contribution in [1.29, 1.82) is 0 Å². The highest BCUT2D eigenvalue weighted by molar-refractivity contribution is 5.76. The average Bonchev–Trinajstić information content (AvgIpc) is 3.30. The minimum Gasteiger partial charge on any atom is -0.483 e. The Morgan fingerprint density at radius 3 is 2.76 bits per heavy atom. The molecule has 4 rings (SSSR count). The van der Waals surface area contributed by atoms with E-state index < -0.39 is 6.10 Å². The predicted octanol–water partition coefficient (Wildman–Crippen LogP) is 2.83. The molecule has 1 aromatic rings. The molecule has 1 aliphatic carbocycles. The highest BCUT2D eigenvalue weighted by Gasteiger charge is 2.45. The lowest BCUT2D eigenvalue weighted by molar-refractivity contribution is -0.136. The summed E-state index contributed by atoms with van der Waals surface area (Å²) in [5.41, 5.74) is 0.298. The Kier molecular flexibility index (Phi) is 4.26. The van der Waals surface area contributed by atoms with Crippen LogP contribution in [0.15, 0.2) is 6.20 Å². The number of carbonyl (C=O) groups excluding carboxylic acids is 1. The fourth-order valence-corrected chi connectivity index (χ4v) is 4.05. The van der Waals surface area contributed by atoms with E-state index >= 15 is 0 Å². The van der Waals surface area contributed by atoms with Crippen molar-refractivity contribution >= 4 is 5.91 Å². The van der Waals surface area contributed by atoms with Crippen LogP contribution in [0.5, 0.6) is 5.75 Å². The first-order valence-electron chi connectivity index (χ1n) is 9.70. The lowest BCUT2D eigenvalue weighted by Crippen LogP contribution is -2.51. The molecule has 0 aromatic carbocycles. The fraction of sp³-hybridized carbons (Fsp3) is 0.789. The number of hydrogen-bond donors (Lipinski definition) is 1. The van der Waals surface area contributed by atoms with Crippen molar-refractivity contribution in [2.75, 3.05) is 13.1 Å². The van der Waals surface area contributed by atoms with Crippen molar-refractivity contribution in [3.63, 3.8) is 0 Å². The van der Waals surface area contributed by atoms with E-state index in [1.807, 2.05) is 15.8 Å². The molecule has 3 aliphatic rings. The Hall–Kier alpha value is -1.56. The second-order valence-corrected chi connectivity index (χ2v) is 8.32. The lowest BCUT2D eigenvalue weighted by atomic mass is 9.83. The average molecular weight is 347 g/mol. The molecule has 3 heterocycles. The van der Waals surface area contributed by atoms with Gasteiger partial charge in [0.15, 0.2) is 5.75 Å². The molecule has 138 valence electrons. The topological polar surface area (TPSA) is 67.6 Å². The van der Waals surface area contributed by atoms with Crippen molar-refractivity contribution in [2.45, 2.75) is 76.5 Å². The van der Waals surface area contributed by atoms with Crippen molar-refractivity contribution in [3.05, 3.63) is 11.9 Å². The number of piperidine rings is 1. The van der Waals surface area contributed by atoms with Gasteiger partial charge in [0.1, 0.15) is 17.4 Å². The van der Waals surface area contributed by atoms with Gasteiger partial charge < -0.3 is 14.7 Å². The summed E-state index contributed by atoms with van der Waals surface area (Å²) in [4.78, 5) is 14.3. The van der Waals surface area contributed by atoms with E-state index in [4.69, 9.17) is 4.74 Å². The molecule has 25 heavy (non-hydrogen) atoms. The molecule has 6 heteroatoms. The predicted molar refractivity (Wildman–Crippen MR) is 93.3 cm³/mol. The summed E-state index contributed by atoms with van der Waals surface area (Å²) in [5.74, 6) is 1.79. The molecule has 1 spiro atoms. The summed E-state index contributed by atoms with van der Waals surface area (Å²) in [6.07, 6.45) is 7.79. The van der Waals surface area contributed by atoms with Gasteiger partial charge in [-0.1, -0.05) is 12.8 Å². The van der Waals surface area contributed by atoms with Crippen LogP contribution in [0.4, 0.5) is 0 Å². The number of aliphatic hydroxyl groups is 1. The van der Waals surface area contributed by atoms with Gasteiger partial charge in [-0.3, -0.25) is 9.48 Å². The van der Waals surface area contributed by atoms with Crippen LogP contribution in [0, 0.1) is 5.92 Å². The quantitative estimate of drug-likeness (QED) is 0.909. The maximum Gasteiger partial charge on any atom is 0.222 e. The van der Waals surface area contributed by atoms with Crippen LogP contribution < -0.4 is 4.74 Å². The Morgan fingerprint density at radius 1 is 1.40 bits per heavy atom. The van der Waals surface area contributed by atoms with Gasteiger partial charge in [-0.25, -0.2) is 0 Å². The Labute approximate surface area is 149 Å². The summed E-state index contributed by atoms with van der Waals surface area (Å²) < 4.78 is 8.17. The third-order valence-electron chi connectivity index (χ3n) is 5.95. The molecule has 1 unspecified atom stereocenters. The van der Waals surface area contributed by atoms with Gasteiger partial charge in [0.2, 0.25) is 5.91 Å². The zero-order valence-electron chi connectivity index (χ0n) is 15.3. The van der Waals surface area contributed by atoms with Crippen molar-refractivity contribution in [3.8, 4) is 5.75 Å². The number of aromatic nitrogens is 2. The van der Waals surface area contributed by atoms with Gasteiger partial charge in [0.05, 0.1) is 6.20 Å². The Morgan fingerprint density at radius 2 is 2.12 bits per heavy atom. The van der Waals surface area contributed by atoms with E-state index in [9.17, 15) is 9.90 Å². The number of carbonyl (C=O) groups is 1. The van der Waals surface area contributed by atoms with E-state index in [1.54, 1.807) is 0 Å². The van der Waals surface area contributed by atoms with Crippen LogP contribution in [-0.4, -0.2) is 44.4 Å². The van der Waals surface area contributed by atoms with Crippen LogP contribution in [-0.2, 0) is 4.79 Å². The number of fused-ring (bicyclic) bond motifs is 1. The second kappa shape index (κ2) is 6.31. The fourth-order valence-electron chi connectivity index (χ4n) is 4.05. The number of likely N-dealkylation sites (tertiary alicyclic amines) is 1. The second-order valence-electron chi connectivity index (χ2n) is 8.32. The van der Waals surface area contributed by atoms with E-state index in [-0.39, 0.29) is 17.6 Å². The number of hydrogen-bond acceptors (Lipinski definition) is 4. The van der Waals surface area contributed by atoms with Crippen molar-refractivity contribution in [1.82, 2.24) is 14.7 Å². The van der Waals surface area contributed by atoms with Gasteiger partial charge in [-0.2, -0.15) is 5.10 Å². The van der Waals surface area contributed by atoms with E-state index in [0.29, 0.717) is 24.3 Å². The van der Waals surface area contributed by atoms with E-state index in [0.717, 1.165) is 38.3 Å². The zero-order chi connectivity index (χ0) is 17.6. The van der Waals surface area contributed by atoms with Crippen molar-refractivity contribution in [2.24, 2.45) is 5.92 Å². The third-order valence-corrected chi connectivity index (χ3v) is 5.95. The number of amides is 1. The number of rotatable bonds is 4. The molecule has 1 atom stereocenters. The first-order valence-corrected chi connectivity index (χ1v) is 9.70. The highest BCUT2D eigenvalue weighted by Crippen LogP contribution is 2.44. The Bertz CT molecular complexity index is 642. The molecule has 1 saturated heterocycles. The summed E-state index contributed by atoms with van der Waals surface area (Å²) in [7, 11) is 0. The summed E-state index contributed by atoms with van der Waals surface area (Å²) >= 11 is 0. The van der Waals surface area contributed by atoms with Gasteiger partial charge in [-0.15, -0.1) is 0 Å². The third kappa shape index (κ3) is 3.41. The Balaban J connectivity index is 1.39. The molecule has 6 nitrogen and oxygen atoms in total. The largest absolute Gasteiger partial charge is 0.483 e. The van der Waals surface area contributed by atoms with Crippen molar-refractivity contribution < 1.29 is 14.6 Å². The number of aliphatic hydroxyl groups excluding tert-OH is 1. The summed E-state index contributed by atoms with van der Waals surface area (Å²) in [5, 5.41) is 15.0. The first kappa shape index (κ1) is 16.9. The maximum atomic E-state index is 12.4. The monoisotopic (exact) mass is 347 g/mol. The van der Waals surface area contributed by atoms with Crippen LogP contribution in [0.1, 0.15) is 76.6 Å². The van der Waals surface area contributed by atoms with Gasteiger partial charge in [0, 0.05) is 44.8 Å². The maximum absolute atomic E-state index is 12.4. The molecular formula is C19H29N3O3. The van der Waals surface area contributed by atoms with E-state index in [2.05, 4.69) is 18.9 Å².